The number of benzene rings is 1. The van der Waals surface area contributed by atoms with E-state index >= 15 is 0 Å². The number of pyridine rings is 1. The monoisotopic (exact) mass is 238 g/mol. The number of carbonyl (C=O) groups excluding carboxylic acids is 1. The first-order valence-electron chi connectivity index (χ1n) is 5.83. The minimum absolute atomic E-state index is 0.0244. The highest BCUT2D eigenvalue weighted by atomic mass is 16.1. The van der Waals surface area contributed by atoms with Crippen molar-refractivity contribution in [2.75, 3.05) is 6.54 Å². The lowest BCUT2D eigenvalue weighted by atomic mass is 10.1. The molecule has 0 spiro atoms. The van der Waals surface area contributed by atoms with Gasteiger partial charge in [-0.3, -0.25) is 9.78 Å². The van der Waals surface area contributed by atoms with Gasteiger partial charge < -0.3 is 5.32 Å². The quantitative estimate of drug-likeness (QED) is 0.643. The molecule has 0 fully saturated rings. The molecule has 2 aromatic rings. The Balaban J connectivity index is 2.12. The molecule has 2 rings (SSSR count). The van der Waals surface area contributed by atoms with Gasteiger partial charge in [0, 0.05) is 43.1 Å². The lowest BCUT2D eigenvalue weighted by Crippen LogP contribution is -2.20. The minimum atomic E-state index is -0.0244. The zero-order chi connectivity index (χ0) is 12.8. The van der Waals surface area contributed by atoms with Crippen molar-refractivity contribution in [2.24, 2.45) is 0 Å². The third-order valence-corrected chi connectivity index (χ3v) is 2.52. The maximum atomic E-state index is 10.7. The first-order chi connectivity index (χ1) is 8.77. The third kappa shape index (κ3) is 3.08. The Morgan fingerprint density at radius 1 is 1.33 bits per heavy atom. The van der Waals surface area contributed by atoms with Gasteiger partial charge in [-0.15, -0.1) is 0 Å². The molecular formula is C15H14N2O. The van der Waals surface area contributed by atoms with Crippen LogP contribution in [-0.2, 0) is 4.79 Å². The Morgan fingerprint density at radius 2 is 2.17 bits per heavy atom. The molecule has 1 heterocycles. The number of nitrogens with one attached hydrogen (secondary N) is 1. The zero-order valence-corrected chi connectivity index (χ0v) is 10.2. The summed E-state index contributed by atoms with van der Waals surface area (Å²) in [6.07, 6.45) is 4.24. The van der Waals surface area contributed by atoms with Crippen molar-refractivity contribution >= 4 is 16.7 Å². The Bertz CT molecular complexity index is 618. The van der Waals surface area contributed by atoms with Crippen LogP contribution in [0.2, 0.25) is 0 Å². The highest BCUT2D eigenvalue weighted by molar-refractivity contribution is 5.87. The first-order valence-corrected chi connectivity index (χ1v) is 5.83. The van der Waals surface area contributed by atoms with E-state index in [1.165, 1.54) is 6.92 Å². The number of nitrogens with zero attached hydrogens (tertiary/aromatic N) is 1. The van der Waals surface area contributed by atoms with E-state index in [4.69, 9.17) is 0 Å². The molecule has 0 radical (unpaired) electrons. The molecule has 0 atom stereocenters. The summed E-state index contributed by atoms with van der Waals surface area (Å²) in [4.78, 5) is 14.9. The summed E-state index contributed by atoms with van der Waals surface area (Å²) in [5, 5.41) is 4.91. The number of amides is 1. The highest BCUT2D eigenvalue weighted by Gasteiger charge is 1.96. The third-order valence-electron chi connectivity index (χ3n) is 2.52. The normalized spacial score (nSPS) is 9.61. The van der Waals surface area contributed by atoms with Crippen LogP contribution in [0.4, 0.5) is 0 Å². The smallest absolute Gasteiger partial charge is 0.216 e. The Hall–Kier alpha value is -2.34. The fourth-order valence-electron chi connectivity index (χ4n) is 1.67. The lowest BCUT2D eigenvalue weighted by molar-refractivity contribution is -0.118. The first kappa shape index (κ1) is 12.1. The molecule has 0 bridgehead atoms. The molecule has 90 valence electrons. The Morgan fingerprint density at radius 3 is 3.00 bits per heavy atom. The van der Waals surface area contributed by atoms with Gasteiger partial charge in [0.25, 0.3) is 0 Å². The van der Waals surface area contributed by atoms with E-state index in [9.17, 15) is 4.79 Å². The summed E-state index contributed by atoms with van der Waals surface area (Å²) in [6.45, 7) is 2.09. The van der Waals surface area contributed by atoms with Crippen LogP contribution in [0.1, 0.15) is 18.9 Å². The summed E-state index contributed by atoms with van der Waals surface area (Å²) < 4.78 is 0. The maximum absolute atomic E-state index is 10.7. The summed E-state index contributed by atoms with van der Waals surface area (Å²) >= 11 is 0. The predicted molar refractivity (Wildman–Crippen MR) is 71.9 cm³/mol. The van der Waals surface area contributed by atoms with Gasteiger partial charge in [0.2, 0.25) is 5.91 Å². The van der Waals surface area contributed by atoms with Crippen LogP contribution in [0.25, 0.3) is 10.8 Å². The number of carbonyl (C=O) groups is 1. The van der Waals surface area contributed by atoms with E-state index in [0.29, 0.717) is 13.0 Å². The van der Waals surface area contributed by atoms with Crippen LogP contribution >= 0.6 is 0 Å². The topological polar surface area (TPSA) is 42.0 Å². The second kappa shape index (κ2) is 5.83. The lowest BCUT2D eigenvalue weighted by Gasteiger charge is -1.98. The molecule has 3 nitrogen and oxygen atoms in total. The standard InChI is InChI=1S/C15H14N2O/c1-12(18)17-9-5-4-7-14-11-16-10-13-6-2-3-8-15(13)14/h2-3,6,8,10-11H,5,9H2,1H3,(H,17,18). The molecule has 0 aliphatic rings. The van der Waals surface area contributed by atoms with Crippen molar-refractivity contribution in [2.45, 2.75) is 13.3 Å². The van der Waals surface area contributed by atoms with Crippen molar-refractivity contribution in [1.29, 1.82) is 0 Å². The van der Waals surface area contributed by atoms with E-state index in [1.807, 2.05) is 30.5 Å². The predicted octanol–water partition coefficient (Wildman–Crippen LogP) is 2.11. The molecule has 0 saturated carbocycles. The van der Waals surface area contributed by atoms with Gasteiger partial charge >= 0.3 is 0 Å². The number of aromatic nitrogens is 1. The van der Waals surface area contributed by atoms with Crippen molar-refractivity contribution < 1.29 is 4.79 Å². The maximum Gasteiger partial charge on any atom is 0.216 e. The van der Waals surface area contributed by atoms with Gasteiger partial charge in [0.05, 0.1) is 5.56 Å². The summed E-state index contributed by atoms with van der Waals surface area (Å²) in [6, 6.07) is 8.03. The zero-order valence-electron chi connectivity index (χ0n) is 10.2. The molecule has 0 saturated heterocycles. The van der Waals surface area contributed by atoms with Crippen molar-refractivity contribution in [3.63, 3.8) is 0 Å². The summed E-state index contributed by atoms with van der Waals surface area (Å²) in [5.74, 6) is 6.12. The second-order valence-corrected chi connectivity index (χ2v) is 3.94. The van der Waals surface area contributed by atoms with Gasteiger partial charge in [-0.2, -0.15) is 0 Å². The van der Waals surface area contributed by atoms with Crippen LogP contribution in [0, 0.1) is 11.8 Å². The molecule has 1 N–H and O–H groups in total. The fourth-order valence-corrected chi connectivity index (χ4v) is 1.67. The van der Waals surface area contributed by atoms with Gasteiger partial charge in [-0.05, 0) is 0 Å². The average molecular weight is 238 g/mol. The molecular weight excluding hydrogens is 224 g/mol. The average Bonchev–Trinajstić information content (AvgIpc) is 2.38. The number of hydrogen-bond donors (Lipinski definition) is 1. The summed E-state index contributed by atoms with van der Waals surface area (Å²) in [5.41, 5.74) is 0.927. The van der Waals surface area contributed by atoms with E-state index < -0.39 is 0 Å². The highest BCUT2D eigenvalue weighted by Crippen LogP contribution is 2.15. The molecule has 1 amide bonds. The van der Waals surface area contributed by atoms with Crippen LogP contribution in [0.15, 0.2) is 36.7 Å². The second-order valence-electron chi connectivity index (χ2n) is 3.94. The molecule has 0 unspecified atom stereocenters. The van der Waals surface area contributed by atoms with Crippen molar-refractivity contribution in [3.05, 3.63) is 42.2 Å². The molecule has 1 aromatic carbocycles. The number of hydrogen-bond acceptors (Lipinski definition) is 2. The summed E-state index contributed by atoms with van der Waals surface area (Å²) in [7, 11) is 0. The largest absolute Gasteiger partial charge is 0.355 e. The Kier molecular flexibility index (Phi) is 3.93. The fraction of sp³-hybridized carbons (Fsp3) is 0.200. The van der Waals surface area contributed by atoms with Crippen LogP contribution in [0.5, 0.6) is 0 Å². The minimum Gasteiger partial charge on any atom is -0.355 e. The van der Waals surface area contributed by atoms with E-state index in [0.717, 1.165) is 16.3 Å². The SMILES string of the molecule is CC(=O)NCCC#Cc1cncc2ccccc12. The molecule has 3 heteroatoms. The van der Waals surface area contributed by atoms with Crippen molar-refractivity contribution in [1.82, 2.24) is 10.3 Å². The van der Waals surface area contributed by atoms with E-state index in [1.54, 1.807) is 6.20 Å². The van der Waals surface area contributed by atoms with Crippen LogP contribution in [0.3, 0.4) is 0 Å². The Labute approximate surface area is 106 Å². The van der Waals surface area contributed by atoms with E-state index in [2.05, 4.69) is 22.1 Å². The van der Waals surface area contributed by atoms with Gasteiger partial charge in [0.1, 0.15) is 0 Å². The van der Waals surface area contributed by atoms with Crippen LogP contribution in [-0.4, -0.2) is 17.4 Å². The van der Waals surface area contributed by atoms with Gasteiger partial charge in [-0.25, -0.2) is 0 Å². The molecule has 18 heavy (non-hydrogen) atoms. The number of rotatable bonds is 2. The van der Waals surface area contributed by atoms with Gasteiger partial charge in [0.15, 0.2) is 0 Å². The van der Waals surface area contributed by atoms with E-state index in [-0.39, 0.29) is 5.91 Å². The number of fused-ring (bicyclic) bond motifs is 1. The van der Waals surface area contributed by atoms with Gasteiger partial charge in [-0.1, -0.05) is 36.1 Å². The van der Waals surface area contributed by atoms with Crippen LogP contribution < -0.4 is 5.32 Å². The molecule has 0 aliphatic heterocycles. The van der Waals surface area contributed by atoms with Crippen molar-refractivity contribution in [3.8, 4) is 11.8 Å². The molecule has 1 aromatic heterocycles. The molecule has 0 aliphatic carbocycles.